The Hall–Kier alpha value is -2.00. The topological polar surface area (TPSA) is 49.3 Å². The van der Waals surface area contributed by atoms with Crippen molar-refractivity contribution in [3.8, 4) is 11.5 Å². The van der Waals surface area contributed by atoms with Crippen LogP contribution in [0.15, 0.2) is 47.5 Å². The molecular formula is C23H35IN4O2. The minimum atomic E-state index is 0. The van der Waals surface area contributed by atoms with Gasteiger partial charge in [-0.2, -0.15) is 0 Å². The maximum absolute atomic E-state index is 5.47. The summed E-state index contributed by atoms with van der Waals surface area (Å²) in [4.78, 5) is 8.77. The highest BCUT2D eigenvalue weighted by molar-refractivity contribution is 14.0. The van der Waals surface area contributed by atoms with Crippen LogP contribution in [0.5, 0.6) is 11.5 Å². The van der Waals surface area contributed by atoms with E-state index in [1.165, 1.54) is 11.1 Å². The molecule has 0 aliphatic heterocycles. The molecule has 0 heterocycles. The predicted octanol–water partition coefficient (Wildman–Crippen LogP) is 3.94. The maximum Gasteiger partial charge on any atom is 0.193 e. The molecule has 2 aromatic rings. The number of nitrogens with zero attached hydrogens (tertiary/aromatic N) is 3. The zero-order valence-electron chi connectivity index (χ0n) is 19.1. The second kappa shape index (κ2) is 12.6. The summed E-state index contributed by atoms with van der Waals surface area (Å²) in [5.74, 6) is 2.32. The Kier molecular flexibility index (Phi) is 11.0. The summed E-state index contributed by atoms with van der Waals surface area (Å²) in [6.45, 7) is 3.61. The van der Waals surface area contributed by atoms with E-state index in [0.717, 1.165) is 29.6 Å². The average molecular weight is 526 g/mol. The van der Waals surface area contributed by atoms with Gasteiger partial charge in [-0.05, 0) is 44.3 Å². The highest BCUT2D eigenvalue weighted by Gasteiger charge is 2.18. The lowest BCUT2D eigenvalue weighted by molar-refractivity contribution is 0.293. The van der Waals surface area contributed by atoms with E-state index in [9.17, 15) is 0 Å². The molecule has 30 heavy (non-hydrogen) atoms. The molecule has 1 unspecified atom stereocenters. The first-order valence-corrected chi connectivity index (χ1v) is 9.75. The molecule has 2 rings (SSSR count). The fraction of sp³-hybridized carbons (Fsp3) is 0.435. The normalized spacial score (nSPS) is 12.2. The Balaban J connectivity index is 0.00000450. The van der Waals surface area contributed by atoms with Crippen LogP contribution in [-0.4, -0.2) is 64.7 Å². The molecule has 0 radical (unpaired) electrons. The summed E-state index contributed by atoms with van der Waals surface area (Å²) in [7, 11) is 11.3. The molecule has 6 nitrogen and oxygen atoms in total. The molecular weight excluding hydrogens is 491 g/mol. The molecule has 1 atom stereocenters. The minimum absolute atomic E-state index is 0. The number of likely N-dealkylation sites (N-methyl/N-ethyl adjacent to an activating group) is 1. The molecule has 1 N–H and O–H groups in total. The van der Waals surface area contributed by atoms with Gasteiger partial charge >= 0.3 is 0 Å². The van der Waals surface area contributed by atoms with E-state index in [4.69, 9.17) is 9.47 Å². The first-order chi connectivity index (χ1) is 13.9. The number of ether oxygens (including phenoxy) is 2. The van der Waals surface area contributed by atoms with E-state index in [2.05, 4.69) is 78.5 Å². The lowest BCUT2D eigenvalue weighted by Gasteiger charge is -2.29. The third kappa shape index (κ3) is 7.05. The Morgan fingerprint density at radius 3 is 2.17 bits per heavy atom. The minimum Gasteiger partial charge on any atom is -0.493 e. The molecule has 0 aliphatic rings. The molecule has 0 fully saturated rings. The fourth-order valence-corrected chi connectivity index (χ4v) is 3.27. The van der Waals surface area contributed by atoms with Crippen molar-refractivity contribution in [2.24, 2.45) is 4.99 Å². The number of aliphatic imine (C=N–C) groups is 1. The third-order valence-electron chi connectivity index (χ3n) is 4.98. The lowest BCUT2D eigenvalue weighted by Crippen LogP contribution is -2.42. The Morgan fingerprint density at radius 2 is 1.63 bits per heavy atom. The second-order valence-electron chi connectivity index (χ2n) is 7.36. The van der Waals surface area contributed by atoms with Gasteiger partial charge in [0.25, 0.3) is 0 Å². The van der Waals surface area contributed by atoms with E-state index >= 15 is 0 Å². The number of methoxy groups -OCH3 is 2. The monoisotopic (exact) mass is 526 g/mol. The van der Waals surface area contributed by atoms with E-state index in [0.29, 0.717) is 6.54 Å². The molecule has 0 saturated heterocycles. The summed E-state index contributed by atoms with van der Waals surface area (Å²) in [6.07, 6.45) is 0. The van der Waals surface area contributed by atoms with Gasteiger partial charge in [0.2, 0.25) is 0 Å². The van der Waals surface area contributed by atoms with Crippen molar-refractivity contribution in [3.63, 3.8) is 0 Å². The Bertz CT molecular complexity index is 809. The quantitative estimate of drug-likeness (QED) is 0.321. The number of benzene rings is 2. The molecule has 0 bridgehead atoms. The van der Waals surface area contributed by atoms with Crippen LogP contribution in [0.3, 0.4) is 0 Å². The van der Waals surface area contributed by atoms with E-state index in [-0.39, 0.29) is 30.0 Å². The standard InChI is InChI=1S/C23H34N4O2.HI/c1-17-8-10-18(11-9-17)16-27(5)23(24-2)25-15-20(26(3)4)19-12-13-21(28-6)22(14-19)29-7;/h8-14,20H,15-16H2,1-7H3,(H,24,25);1H. The van der Waals surface area contributed by atoms with Crippen LogP contribution in [0.1, 0.15) is 22.7 Å². The fourth-order valence-electron chi connectivity index (χ4n) is 3.27. The predicted molar refractivity (Wildman–Crippen MR) is 135 cm³/mol. The van der Waals surface area contributed by atoms with Gasteiger partial charge in [0, 0.05) is 27.2 Å². The zero-order valence-corrected chi connectivity index (χ0v) is 21.4. The lowest BCUT2D eigenvalue weighted by atomic mass is 10.1. The largest absolute Gasteiger partial charge is 0.493 e. The molecule has 0 aliphatic carbocycles. The van der Waals surface area contributed by atoms with Crippen LogP contribution in [0, 0.1) is 6.92 Å². The van der Waals surface area contributed by atoms with Crippen LogP contribution >= 0.6 is 24.0 Å². The van der Waals surface area contributed by atoms with Crippen molar-refractivity contribution in [2.45, 2.75) is 19.5 Å². The molecule has 0 spiro atoms. The maximum atomic E-state index is 5.47. The summed E-state index contributed by atoms with van der Waals surface area (Å²) < 4.78 is 10.8. The van der Waals surface area contributed by atoms with Gasteiger partial charge in [-0.1, -0.05) is 35.9 Å². The van der Waals surface area contributed by atoms with Gasteiger partial charge in [0.15, 0.2) is 17.5 Å². The van der Waals surface area contributed by atoms with Crippen LogP contribution in [-0.2, 0) is 6.54 Å². The summed E-state index contributed by atoms with van der Waals surface area (Å²) >= 11 is 0. The number of rotatable bonds is 8. The van der Waals surface area contributed by atoms with E-state index in [1.807, 2.05) is 19.2 Å². The number of hydrogen-bond acceptors (Lipinski definition) is 4. The molecule has 0 aromatic heterocycles. The van der Waals surface area contributed by atoms with Gasteiger partial charge in [-0.15, -0.1) is 24.0 Å². The van der Waals surface area contributed by atoms with Crippen molar-refractivity contribution < 1.29 is 9.47 Å². The van der Waals surface area contributed by atoms with E-state index < -0.39 is 0 Å². The molecule has 2 aromatic carbocycles. The first kappa shape index (κ1) is 26.0. The van der Waals surface area contributed by atoms with E-state index in [1.54, 1.807) is 14.2 Å². The van der Waals surface area contributed by atoms with Gasteiger partial charge in [-0.25, -0.2) is 0 Å². The number of guanidine groups is 1. The Morgan fingerprint density at radius 1 is 1.00 bits per heavy atom. The number of nitrogens with one attached hydrogen (secondary N) is 1. The van der Waals surface area contributed by atoms with Gasteiger partial charge in [-0.3, -0.25) is 4.99 Å². The molecule has 0 saturated carbocycles. The van der Waals surface area contributed by atoms with Crippen molar-refractivity contribution in [2.75, 3.05) is 49.0 Å². The molecule has 7 heteroatoms. The second-order valence-corrected chi connectivity index (χ2v) is 7.36. The average Bonchev–Trinajstić information content (AvgIpc) is 2.72. The van der Waals surface area contributed by atoms with Crippen LogP contribution < -0.4 is 14.8 Å². The summed E-state index contributed by atoms with van der Waals surface area (Å²) in [5.41, 5.74) is 3.67. The summed E-state index contributed by atoms with van der Waals surface area (Å²) in [6, 6.07) is 14.8. The summed E-state index contributed by atoms with van der Waals surface area (Å²) in [5, 5.41) is 3.51. The number of aryl methyl sites for hydroxylation is 1. The smallest absolute Gasteiger partial charge is 0.193 e. The van der Waals surface area contributed by atoms with Crippen molar-refractivity contribution in [1.29, 1.82) is 0 Å². The zero-order chi connectivity index (χ0) is 21.4. The molecule has 0 amide bonds. The SMILES string of the molecule is CN=C(NCC(c1ccc(OC)c(OC)c1)N(C)C)N(C)Cc1ccc(C)cc1.I. The van der Waals surface area contributed by atoms with Gasteiger partial charge < -0.3 is 24.6 Å². The Labute approximate surface area is 198 Å². The van der Waals surface area contributed by atoms with Crippen molar-refractivity contribution in [1.82, 2.24) is 15.1 Å². The van der Waals surface area contributed by atoms with Crippen LogP contribution in [0.2, 0.25) is 0 Å². The first-order valence-electron chi connectivity index (χ1n) is 9.75. The number of hydrogen-bond donors (Lipinski definition) is 1. The number of halogens is 1. The van der Waals surface area contributed by atoms with Crippen molar-refractivity contribution >= 4 is 29.9 Å². The highest BCUT2D eigenvalue weighted by atomic mass is 127. The van der Waals surface area contributed by atoms with Crippen LogP contribution in [0.25, 0.3) is 0 Å². The van der Waals surface area contributed by atoms with Crippen molar-refractivity contribution in [3.05, 3.63) is 59.2 Å². The third-order valence-corrected chi connectivity index (χ3v) is 4.98. The highest BCUT2D eigenvalue weighted by Crippen LogP contribution is 2.31. The van der Waals surface area contributed by atoms with Crippen LogP contribution in [0.4, 0.5) is 0 Å². The molecule has 166 valence electrons. The van der Waals surface area contributed by atoms with Gasteiger partial charge in [0.05, 0.1) is 20.3 Å². The van der Waals surface area contributed by atoms with Gasteiger partial charge in [0.1, 0.15) is 0 Å².